The number of rotatable bonds is 3. The Kier molecular flexibility index (Phi) is 4.53. The number of carbonyl (C=O) groups excluding carboxylic acids is 1. The van der Waals surface area contributed by atoms with Crippen molar-refractivity contribution < 1.29 is 9.18 Å². The van der Waals surface area contributed by atoms with E-state index >= 15 is 0 Å². The van der Waals surface area contributed by atoms with E-state index < -0.39 is 0 Å². The summed E-state index contributed by atoms with van der Waals surface area (Å²) < 4.78 is 13.1. The van der Waals surface area contributed by atoms with Gasteiger partial charge in [0, 0.05) is 32.2 Å². The summed E-state index contributed by atoms with van der Waals surface area (Å²) in [5, 5.41) is 0. The lowest BCUT2D eigenvalue weighted by Gasteiger charge is -2.37. The second-order valence-electron chi connectivity index (χ2n) is 5.32. The maximum absolute atomic E-state index is 13.1. The summed E-state index contributed by atoms with van der Waals surface area (Å²) in [6.07, 6.45) is 0.291. The summed E-state index contributed by atoms with van der Waals surface area (Å²) in [6, 6.07) is 6.80. The predicted molar refractivity (Wildman–Crippen MR) is 73.4 cm³/mol. The van der Waals surface area contributed by atoms with Gasteiger partial charge in [0.2, 0.25) is 5.91 Å². The summed E-state index contributed by atoms with van der Waals surface area (Å²) in [6.45, 7) is 7.73. The lowest BCUT2D eigenvalue weighted by atomic mass is 10.1. The number of piperazine rings is 1. The number of carbonyl (C=O) groups is 1. The molecule has 4 heteroatoms. The molecular formula is C15H21FN2O. The van der Waals surface area contributed by atoms with Gasteiger partial charge >= 0.3 is 0 Å². The van der Waals surface area contributed by atoms with E-state index in [0.717, 1.165) is 31.7 Å². The third-order valence-corrected chi connectivity index (χ3v) is 3.64. The molecule has 0 N–H and O–H groups in total. The molecular weight excluding hydrogens is 243 g/mol. The molecule has 0 bridgehead atoms. The smallest absolute Gasteiger partial charge is 0.227 e. The predicted octanol–water partition coefficient (Wildman–Crippen LogP) is 1.92. The molecule has 104 valence electrons. The Balaban J connectivity index is 1.88. The van der Waals surface area contributed by atoms with Gasteiger partial charge in [0.05, 0.1) is 6.42 Å². The first-order valence-corrected chi connectivity index (χ1v) is 6.82. The molecule has 1 aliphatic heterocycles. The van der Waals surface area contributed by atoms with Gasteiger partial charge in [-0.15, -0.1) is 0 Å². The molecule has 19 heavy (non-hydrogen) atoms. The first-order valence-electron chi connectivity index (χ1n) is 6.82. The summed E-state index contributed by atoms with van der Waals surface area (Å²) >= 11 is 0. The molecule has 3 nitrogen and oxygen atoms in total. The second kappa shape index (κ2) is 6.15. The van der Waals surface area contributed by atoms with Crippen molar-refractivity contribution in [1.82, 2.24) is 9.80 Å². The zero-order valence-corrected chi connectivity index (χ0v) is 11.6. The maximum atomic E-state index is 13.1. The second-order valence-corrected chi connectivity index (χ2v) is 5.32. The molecule has 0 saturated carbocycles. The Bertz CT molecular complexity index is 440. The molecule has 1 fully saturated rings. The highest BCUT2D eigenvalue weighted by Crippen LogP contribution is 2.10. The number of nitrogens with zero attached hydrogens (tertiary/aromatic N) is 2. The van der Waals surface area contributed by atoms with Gasteiger partial charge in [-0.25, -0.2) is 4.39 Å². The zero-order valence-electron chi connectivity index (χ0n) is 11.6. The average Bonchev–Trinajstić information content (AvgIpc) is 2.39. The van der Waals surface area contributed by atoms with Crippen LogP contribution in [-0.2, 0) is 11.2 Å². The van der Waals surface area contributed by atoms with E-state index in [4.69, 9.17) is 0 Å². The van der Waals surface area contributed by atoms with Gasteiger partial charge in [-0.05, 0) is 31.5 Å². The monoisotopic (exact) mass is 264 g/mol. The Morgan fingerprint density at radius 2 is 1.95 bits per heavy atom. The van der Waals surface area contributed by atoms with Crippen molar-refractivity contribution in [3.05, 3.63) is 35.6 Å². The van der Waals surface area contributed by atoms with Crippen LogP contribution in [0.25, 0.3) is 0 Å². The van der Waals surface area contributed by atoms with E-state index in [9.17, 15) is 9.18 Å². The van der Waals surface area contributed by atoms with E-state index in [0.29, 0.717) is 12.5 Å². The number of hydrogen-bond acceptors (Lipinski definition) is 2. The topological polar surface area (TPSA) is 23.6 Å². The minimum atomic E-state index is -0.282. The van der Waals surface area contributed by atoms with Gasteiger partial charge < -0.3 is 4.90 Å². The third kappa shape index (κ3) is 3.77. The van der Waals surface area contributed by atoms with Crippen LogP contribution in [0.4, 0.5) is 4.39 Å². The minimum Gasteiger partial charge on any atom is -0.340 e. The zero-order chi connectivity index (χ0) is 13.8. The van der Waals surface area contributed by atoms with Crippen molar-refractivity contribution in [2.45, 2.75) is 26.3 Å². The van der Waals surface area contributed by atoms with E-state index in [1.807, 2.05) is 4.90 Å². The molecule has 0 aromatic heterocycles. The highest BCUT2D eigenvalue weighted by atomic mass is 19.1. The Labute approximate surface area is 114 Å². The fourth-order valence-corrected chi connectivity index (χ4v) is 2.42. The van der Waals surface area contributed by atoms with Crippen LogP contribution in [0.5, 0.6) is 0 Å². The van der Waals surface area contributed by atoms with Crippen LogP contribution < -0.4 is 0 Å². The molecule has 1 aliphatic rings. The van der Waals surface area contributed by atoms with Gasteiger partial charge in [0.15, 0.2) is 0 Å². The summed E-state index contributed by atoms with van der Waals surface area (Å²) in [7, 11) is 0. The highest BCUT2D eigenvalue weighted by Gasteiger charge is 2.22. The normalized spacial score (nSPS) is 16.9. The maximum Gasteiger partial charge on any atom is 0.227 e. The lowest BCUT2D eigenvalue weighted by Crippen LogP contribution is -2.51. The van der Waals surface area contributed by atoms with Crippen molar-refractivity contribution in [2.75, 3.05) is 26.2 Å². The largest absolute Gasteiger partial charge is 0.340 e. The summed E-state index contributed by atoms with van der Waals surface area (Å²) in [5.41, 5.74) is 0.747. The van der Waals surface area contributed by atoms with E-state index in [1.165, 1.54) is 12.1 Å². The van der Waals surface area contributed by atoms with Crippen molar-refractivity contribution >= 4 is 5.91 Å². The fraction of sp³-hybridized carbons (Fsp3) is 0.533. The first kappa shape index (κ1) is 14.0. The van der Waals surface area contributed by atoms with E-state index in [2.05, 4.69) is 18.7 Å². The Morgan fingerprint density at radius 3 is 2.53 bits per heavy atom. The van der Waals surface area contributed by atoms with Crippen molar-refractivity contribution in [3.63, 3.8) is 0 Å². The third-order valence-electron chi connectivity index (χ3n) is 3.64. The minimum absolute atomic E-state index is 0.0917. The highest BCUT2D eigenvalue weighted by molar-refractivity contribution is 5.78. The SMILES string of the molecule is CC(C)N1CCN(C(=O)Cc2cccc(F)c2)CC1. The lowest BCUT2D eigenvalue weighted by molar-refractivity contribution is -0.132. The molecule has 1 heterocycles. The molecule has 0 unspecified atom stereocenters. The molecule has 0 radical (unpaired) electrons. The van der Waals surface area contributed by atoms with Crippen LogP contribution in [0.3, 0.4) is 0 Å². The average molecular weight is 264 g/mol. The molecule has 0 atom stereocenters. The summed E-state index contributed by atoms with van der Waals surface area (Å²) in [4.78, 5) is 16.4. The molecule has 0 aliphatic carbocycles. The number of amides is 1. The number of halogens is 1. The van der Waals surface area contributed by atoms with Crippen LogP contribution in [0.15, 0.2) is 24.3 Å². The van der Waals surface area contributed by atoms with Gasteiger partial charge in [-0.2, -0.15) is 0 Å². The molecule has 1 aromatic carbocycles. The van der Waals surface area contributed by atoms with Crippen LogP contribution in [0, 0.1) is 5.82 Å². The fourth-order valence-electron chi connectivity index (χ4n) is 2.42. The van der Waals surface area contributed by atoms with Crippen molar-refractivity contribution in [3.8, 4) is 0 Å². The van der Waals surface area contributed by atoms with Crippen LogP contribution in [-0.4, -0.2) is 47.9 Å². The van der Waals surface area contributed by atoms with Crippen LogP contribution in [0.1, 0.15) is 19.4 Å². The van der Waals surface area contributed by atoms with Crippen molar-refractivity contribution in [2.24, 2.45) is 0 Å². The van der Waals surface area contributed by atoms with E-state index in [1.54, 1.807) is 12.1 Å². The molecule has 2 rings (SSSR count). The molecule has 1 aromatic rings. The van der Waals surface area contributed by atoms with Gasteiger partial charge in [-0.3, -0.25) is 9.69 Å². The Hall–Kier alpha value is -1.42. The molecule has 0 spiro atoms. The van der Waals surface area contributed by atoms with E-state index in [-0.39, 0.29) is 11.7 Å². The number of benzene rings is 1. The summed E-state index contributed by atoms with van der Waals surface area (Å²) in [5.74, 6) is -0.191. The van der Waals surface area contributed by atoms with Crippen LogP contribution >= 0.6 is 0 Å². The standard InChI is InChI=1S/C15H21FN2O/c1-12(2)17-6-8-18(9-7-17)15(19)11-13-4-3-5-14(16)10-13/h3-5,10,12H,6-9,11H2,1-2H3. The van der Waals surface area contributed by atoms with Gasteiger partial charge in [0.1, 0.15) is 5.82 Å². The van der Waals surface area contributed by atoms with Crippen molar-refractivity contribution in [1.29, 1.82) is 0 Å². The van der Waals surface area contributed by atoms with Crippen LogP contribution in [0.2, 0.25) is 0 Å². The molecule has 1 saturated heterocycles. The molecule has 1 amide bonds. The quantitative estimate of drug-likeness (QED) is 0.832. The van der Waals surface area contributed by atoms with Gasteiger partial charge in [-0.1, -0.05) is 12.1 Å². The van der Waals surface area contributed by atoms with Gasteiger partial charge in [0.25, 0.3) is 0 Å². The number of hydrogen-bond donors (Lipinski definition) is 0. The Morgan fingerprint density at radius 1 is 1.26 bits per heavy atom. The first-order chi connectivity index (χ1) is 9.06.